The predicted octanol–water partition coefficient (Wildman–Crippen LogP) is 2.93. The highest BCUT2D eigenvalue weighted by Gasteiger charge is 1.98. The summed E-state index contributed by atoms with van der Waals surface area (Å²) in [6, 6.07) is 8.35. The van der Waals surface area contributed by atoms with Crippen molar-refractivity contribution in [2.24, 2.45) is 4.99 Å². The summed E-state index contributed by atoms with van der Waals surface area (Å²) >= 11 is 0. The first kappa shape index (κ1) is 22.1. The molecular weight excluding hydrogens is 405 g/mol. The summed E-state index contributed by atoms with van der Waals surface area (Å²) in [6.45, 7) is 11.1. The molecule has 1 aromatic rings. The quantitative estimate of drug-likeness (QED) is 0.257. The Labute approximate surface area is 157 Å². The number of hydrogen-bond donors (Lipinski definition) is 2. The highest BCUT2D eigenvalue weighted by atomic mass is 127. The van der Waals surface area contributed by atoms with E-state index in [1.807, 2.05) is 13.0 Å². The lowest BCUT2D eigenvalue weighted by Gasteiger charge is -2.09. The van der Waals surface area contributed by atoms with E-state index >= 15 is 0 Å². The van der Waals surface area contributed by atoms with Crippen LogP contribution in [-0.4, -0.2) is 38.9 Å². The molecule has 0 atom stereocenters. The standard InChI is InChI=1S/C17H29N3O2.HI/c1-4-18-17(19-5-2)20-13-15-8-7-9-16(12-15)14-22-11-10-21-6-3;/h7-9,12H,4-6,10-11,13-14H2,1-3H3,(H2,18,19,20);1H. The van der Waals surface area contributed by atoms with Crippen molar-refractivity contribution in [3.63, 3.8) is 0 Å². The molecule has 0 radical (unpaired) electrons. The minimum Gasteiger partial charge on any atom is -0.379 e. The summed E-state index contributed by atoms with van der Waals surface area (Å²) in [7, 11) is 0. The summed E-state index contributed by atoms with van der Waals surface area (Å²) in [5.74, 6) is 0.850. The summed E-state index contributed by atoms with van der Waals surface area (Å²) in [5, 5.41) is 6.45. The molecule has 0 spiro atoms. The Morgan fingerprint density at radius 1 is 1.00 bits per heavy atom. The van der Waals surface area contributed by atoms with Crippen LogP contribution in [-0.2, 0) is 22.6 Å². The summed E-state index contributed by atoms with van der Waals surface area (Å²) < 4.78 is 10.8. The fourth-order valence-corrected chi connectivity index (χ4v) is 1.95. The van der Waals surface area contributed by atoms with Crippen molar-refractivity contribution in [3.8, 4) is 0 Å². The fourth-order valence-electron chi connectivity index (χ4n) is 1.95. The van der Waals surface area contributed by atoms with E-state index in [0.717, 1.165) is 31.2 Å². The largest absolute Gasteiger partial charge is 0.379 e. The van der Waals surface area contributed by atoms with Crippen LogP contribution in [0.4, 0.5) is 0 Å². The molecule has 0 unspecified atom stereocenters. The molecule has 0 amide bonds. The number of halogens is 1. The smallest absolute Gasteiger partial charge is 0.191 e. The van der Waals surface area contributed by atoms with E-state index in [-0.39, 0.29) is 24.0 Å². The highest BCUT2D eigenvalue weighted by molar-refractivity contribution is 14.0. The van der Waals surface area contributed by atoms with Gasteiger partial charge in [0.25, 0.3) is 0 Å². The van der Waals surface area contributed by atoms with Gasteiger partial charge in [0.2, 0.25) is 0 Å². The van der Waals surface area contributed by atoms with Gasteiger partial charge in [0, 0.05) is 19.7 Å². The molecule has 0 aromatic heterocycles. The van der Waals surface area contributed by atoms with Gasteiger partial charge in [-0.25, -0.2) is 4.99 Å². The third-order valence-electron chi connectivity index (χ3n) is 2.94. The number of rotatable bonds is 10. The molecule has 0 saturated carbocycles. The van der Waals surface area contributed by atoms with Crippen LogP contribution in [0, 0.1) is 0 Å². The van der Waals surface area contributed by atoms with Crippen molar-refractivity contribution in [2.45, 2.75) is 33.9 Å². The monoisotopic (exact) mass is 435 g/mol. The maximum absolute atomic E-state index is 5.59. The first-order chi connectivity index (χ1) is 10.8. The lowest BCUT2D eigenvalue weighted by molar-refractivity contribution is 0.0453. The zero-order chi connectivity index (χ0) is 16.0. The SMILES string of the molecule is CCNC(=NCc1cccc(COCCOCC)c1)NCC.I. The van der Waals surface area contributed by atoms with E-state index in [0.29, 0.717) is 26.4 Å². The molecule has 2 N–H and O–H groups in total. The molecule has 0 bridgehead atoms. The van der Waals surface area contributed by atoms with Crippen LogP contribution in [0.15, 0.2) is 29.3 Å². The number of benzene rings is 1. The van der Waals surface area contributed by atoms with Crippen LogP contribution in [0.5, 0.6) is 0 Å². The van der Waals surface area contributed by atoms with Crippen molar-refractivity contribution in [3.05, 3.63) is 35.4 Å². The van der Waals surface area contributed by atoms with E-state index in [2.05, 4.69) is 47.7 Å². The Hall–Kier alpha value is -0.860. The lowest BCUT2D eigenvalue weighted by Crippen LogP contribution is -2.36. The molecule has 0 saturated heterocycles. The average Bonchev–Trinajstić information content (AvgIpc) is 2.53. The number of ether oxygens (including phenoxy) is 2. The number of guanidine groups is 1. The molecule has 0 heterocycles. The van der Waals surface area contributed by atoms with Crippen LogP contribution in [0.3, 0.4) is 0 Å². The second-order valence-corrected chi connectivity index (χ2v) is 4.79. The van der Waals surface area contributed by atoms with E-state index in [9.17, 15) is 0 Å². The van der Waals surface area contributed by atoms with Gasteiger partial charge in [0.05, 0.1) is 26.4 Å². The van der Waals surface area contributed by atoms with Crippen molar-refractivity contribution in [2.75, 3.05) is 32.9 Å². The molecule has 0 aliphatic carbocycles. The van der Waals surface area contributed by atoms with Crippen molar-refractivity contribution in [1.29, 1.82) is 0 Å². The summed E-state index contributed by atoms with van der Waals surface area (Å²) in [6.07, 6.45) is 0. The molecular formula is C17H30IN3O2. The van der Waals surface area contributed by atoms with Gasteiger partial charge < -0.3 is 20.1 Å². The Morgan fingerprint density at radius 2 is 1.65 bits per heavy atom. The Morgan fingerprint density at radius 3 is 2.30 bits per heavy atom. The minimum absolute atomic E-state index is 0. The Bertz CT molecular complexity index is 434. The first-order valence-corrected chi connectivity index (χ1v) is 8.05. The number of hydrogen-bond acceptors (Lipinski definition) is 3. The molecule has 6 heteroatoms. The molecule has 1 rings (SSSR count). The molecule has 1 aromatic carbocycles. The van der Waals surface area contributed by atoms with Gasteiger partial charge in [-0.1, -0.05) is 24.3 Å². The lowest BCUT2D eigenvalue weighted by atomic mass is 10.1. The maximum Gasteiger partial charge on any atom is 0.191 e. The number of aliphatic imine (C=N–C) groups is 1. The third kappa shape index (κ3) is 10.5. The normalized spacial score (nSPS) is 9.87. The molecule has 0 fully saturated rings. The minimum atomic E-state index is 0. The number of nitrogens with zero attached hydrogens (tertiary/aromatic N) is 1. The molecule has 23 heavy (non-hydrogen) atoms. The van der Waals surface area contributed by atoms with E-state index < -0.39 is 0 Å². The fraction of sp³-hybridized carbons (Fsp3) is 0.588. The van der Waals surface area contributed by atoms with Crippen molar-refractivity contribution < 1.29 is 9.47 Å². The van der Waals surface area contributed by atoms with Crippen LogP contribution < -0.4 is 10.6 Å². The number of nitrogens with one attached hydrogen (secondary N) is 2. The zero-order valence-corrected chi connectivity index (χ0v) is 16.8. The maximum atomic E-state index is 5.59. The van der Waals surface area contributed by atoms with Crippen LogP contribution in [0.1, 0.15) is 31.9 Å². The predicted molar refractivity (Wildman–Crippen MR) is 106 cm³/mol. The van der Waals surface area contributed by atoms with Crippen LogP contribution in [0.2, 0.25) is 0 Å². The first-order valence-electron chi connectivity index (χ1n) is 8.05. The Balaban J connectivity index is 0.00000484. The second kappa shape index (κ2) is 14.7. The third-order valence-corrected chi connectivity index (χ3v) is 2.94. The topological polar surface area (TPSA) is 54.9 Å². The summed E-state index contributed by atoms with van der Waals surface area (Å²) in [4.78, 5) is 4.57. The Kier molecular flexibility index (Phi) is 14.2. The molecule has 0 aliphatic rings. The van der Waals surface area contributed by atoms with Gasteiger partial charge in [-0.15, -0.1) is 24.0 Å². The summed E-state index contributed by atoms with van der Waals surface area (Å²) in [5.41, 5.74) is 2.34. The van der Waals surface area contributed by atoms with Gasteiger partial charge in [-0.2, -0.15) is 0 Å². The van der Waals surface area contributed by atoms with Gasteiger partial charge in [-0.3, -0.25) is 0 Å². The van der Waals surface area contributed by atoms with E-state index in [1.54, 1.807) is 0 Å². The highest BCUT2D eigenvalue weighted by Crippen LogP contribution is 2.08. The van der Waals surface area contributed by atoms with Crippen LogP contribution in [0.25, 0.3) is 0 Å². The average molecular weight is 435 g/mol. The van der Waals surface area contributed by atoms with Crippen molar-refractivity contribution in [1.82, 2.24) is 10.6 Å². The van der Waals surface area contributed by atoms with Crippen molar-refractivity contribution >= 4 is 29.9 Å². The van der Waals surface area contributed by atoms with Gasteiger partial charge in [0.15, 0.2) is 5.96 Å². The molecule has 0 aliphatic heterocycles. The zero-order valence-electron chi connectivity index (χ0n) is 14.4. The van der Waals surface area contributed by atoms with Gasteiger partial charge >= 0.3 is 0 Å². The molecule has 5 nitrogen and oxygen atoms in total. The van der Waals surface area contributed by atoms with E-state index in [4.69, 9.17) is 9.47 Å². The van der Waals surface area contributed by atoms with Gasteiger partial charge in [0.1, 0.15) is 0 Å². The van der Waals surface area contributed by atoms with Gasteiger partial charge in [-0.05, 0) is 31.9 Å². The van der Waals surface area contributed by atoms with Crippen LogP contribution >= 0.6 is 24.0 Å². The second-order valence-electron chi connectivity index (χ2n) is 4.79. The van der Waals surface area contributed by atoms with E-state index in [1.165, 1.54) is 5.56 Å². The molecule has 132 valence electrons.